The van der Waals surface area contributed by atoms with E-state index in [9.17, 15) is 4.79 Å². The van der Waals surface area contributed by atoms with Crippen LogP contribution in [0.15, 0.2) is 12.7 Å². The van der Waals surface area contributed by atoms with Crippen molar-refractivity contribution in [2.45, 2.75) is 117 Å². The van der Waals surface area contributed by atoms with Crippen molar-refractivity contribution < 1.29 is 9.53 Å². The number of ether oxygens (including phenoxy) is 1. The Hall–Kier alpha value is -0.830. The quantitative estimate of drug-likeness (QED) is 0.128. The molecule has 0 bridgehead atoms. The Kier molecular flexibility index (Phi) is 27.5. The van der Waals surface area contributed by atoms with E-state index in [4.69, 9.17) is 0 Å². The first-order valence-corrected chi connectivity index (χ1v) is 12.0. The van der Waals surface area contributed by atoms with Crippen molar-refractivity contribution in [3.05, 3.63) is 12.7 Å². The van der Waals surface area contributed by atoms with Crippen LogP contribution in [0.25, 0.3) is 0 Å². The third-order valence-electron chi connectivity index (χ3n) is 4.91. The summed E-state index contributed by atoms with van der Waals surface area (Å²) in [6, 6.07) is 0. The number of hydrogen-bond acceptors (Lipinski definition) is 3. The molecule has 0 N–H and O–H groups in total. The number of nitrogens with zero attached hydrogens (tertiary/aromatic N) is 1. The molecule has 0 fully saturated rings. The van der Waals surface area contributed by atoms with Crippen LogP contribution >= 0.6 is 0 Å². The van der Waals surface area contributed by atoms with Gasteiger partial charge in [0.15, 0.2) is 0 Å². The van der Waals surface area contributed by atoms with Gasteiger partial charge in [-0.25, -0.2) is 4.79 Å². The van der Waals surface area contributed by atoms with Crippen LogP contribution in [0.1, 0.15) is 117 Å². The summed E-state index contributed by atoms with van der Waals surface area (Å²) < 4.78 is 4.43. The van der Waals surface area contributed by atoms with Crippen LogP contribution in [0.2, 0.25) is 0 Å². The molecule has 0 unspecified atom stereocenters. The summed E-state index contributed by atoms with van der Waals surface area (Å²) in [7, 11) is 4.34. The topological polar surface area (TPSA) is 29.5 Å². The molecule has 0 spiro atoms. The van der Waals surface area contributed by atoms with Crippen molar-refractivity contribution in [2.24, 2.45) is 0 Å². The van der Waals surface area contributed by atoms with Crippen LogP contribution in [-0.4, -0.2) is 38.1 Å². The van der Waals surface area contributed by atoms with Gasteiger partial charge in [0.1, 0.15) is 0 Å². The lowest BCUT2D eigenvalue weighted by Gasteiger charge is -2.08. The minimum atomic E-state index is -0.359. The van der Waals surface area contributed by atoms with Crippen LogP contribution in [0.5, 0.6) is 0 Å². The van der Waals surface area contributed by atoms with E-state index >= 15 is 0 Å². The molecular formula is C25H51NO2. The summed E-state index contributed by atoms with van der Waals surface area (Å²) in [6.07, 6.45) is 24.4. The van der Waals surface area contributed by atoms with Crippen molar-refractivity contribution in [1.29, 1.82) is 0 Å². The molecule has 0 saturated heterocycles. The van der Waals surface area contributed by atoms with E-state index < -0.39 is 0 Å². The van der Waals surface area contributed by atoms with E-state index in [0.717, 1.165) is 6.08 Å². The average Bonchev–Trinajstić information content (AvgIpc) is 2.68. The highest BCUT2D eigenvalue weighted by Crippen LogP contribution is 2.13. The SMILES string of the molecule is C=CC(=O)OCC.CCCCCCCCCCCCCCCCCCN(C)C. The van der Waals surface area contributed by atoms with Gasteiger partial charge in [-0.2, -0.15) is 0 Å². The molecule has 0 amide bonds. The molecule has 0 aromatic carbocycles. The van der Waals surface area contributed by atoms with Crippen molar-refractivity contribution in [3.8, 4) is 0 Å². The van der Waals surface area contributed by atoms with Crippen LogP contribution in [0.3, 0.4) is 0 Å². The molecule has 0 rings (SSSR count). The minimum Gasteiger partial charge on any atom is -0.463 e. The van der Waals surface area contributed by atoms with Crippen LogP contribution in [0.4, 0.5) is 0 Å². The first kappa shape index (κ1) is 29.4. The van der Waals surface area contributed by atoms with Crippen molar-refractivity contribution in [1.82, 2.24) is 4.90 Å². The largest absolute Gasteiger partial charge is 0.463 e. The Morgan fingerprint density at radius 3 is 1.32 bits per heavy atom. The molecule has 0 heterocycles. The van der Waals surface area contributed by atoms with Crippen molar-refractivity contribution in [2.75, 3.05) is 27.2 Å². The van der Waals surface area contributed by atoms with Gasteiger partial charge in [-0.15, -0.1) is 0 Å². The maximum Gasteiger partial charge on any atom is 0.330 e. The van der Waals surface area contributed by atoms with Crippen LogP contribution in [-0.2, 0) is 9.53 Å². The number of esters is 1. The maximum absolute atomic E-state index is 10.1. The van der Waals surface area contributed by atoms with Gasteiger partial charge in [0, 0.05) is 6.08 Å². The van der Waals surface area contributed by atoms with Gasteiger partial charge in [0.25, 0.3) is 0 Å². The predicted octanol–water partition coefficient (Wildman–Crippen LogP) is 7.55. The zero-order valence-electron chi connectivity index (χ0n) is 19.8. The summed E-state index contributed by atoms with van der Waals surface area (Å²) in [4.78, 5) is 12.4. The average molecular weight is 398 g/mol. The first-order chi connectivity index (χ1) is 13.6. The lowest BCUT2D eigenvalue weighted by atomic mass is 10.0. The highest BCUT2D eigenvalue weighted by molar-refractivity contribution is 5.81. The summed E-state index contributed by atoms with van der Waals surface area (Å²) in [5, 5.41) is 0. The van der Waals surface area contributed by atoms with Gasteiger partial charge in [-0.3, -0.25) is 0 Å². The maximum atomic E-state index is 10.1. The predicted molar refractivity (Wildman–Crippen MR) is 125 cm³/mol. The van der Waals surface area contributed by atoms with Crippen LogP contribution in [0, 0.1) is 0 Å². The van der Waals surface area contributed by atoms with Gasteiger partial charge < -0.3 is 9.64 Å². The highest BCUT2D eigenvalue weighted by atomic mass is 16.5. The molecule has 28 heavy (non-hydrogen) atoms. The molecule has 3 heteroatoms. The number of rotatable bonds is 19. The Morgan fingerprint density at radius 2 is 1.07 bits per heavy atom. The van der Waals surface area contributed by atoms with Gasteiger partial charge in [-0.05, 0) is 34.0 Å². The van der Waals surface area contributed by atoms with E-state index in [2.05, 4.69) is 37.2 Å². The van der Waals surface area contributed by atoms with E-state index in [1.54, 1.807) is 6.92 Å². The minimum absolute atomic E-state index is 0.359. The fourth-order valence-electron chi connectivity index (χ4n) is 3.18. The fraction of sp³-hybridized carbons (Fsp3) is 0.880. The molecular weight excluding hydrogens is 346 g/mol. The van der Waals surface area contributed by atoms with Gasteiger partial charge in [0.2, 0.25) is 0 Å². The van der Waals surface area contributed by atoms with Gasteiger partial charge >= 0.3 is 5.97 Å². The molecule has 168 valence electrons. The van der Waals surface area contributed by atoms with Crippen molar-refractivity contribution in [3.63, 3.8) is 0 Å². The second-order valence-corrected chi connectivity index (χ2v) is 8.06. The van der Waals surface area contributed by atoms with Gasteiger partial charge in [-0.1, -0.05) is 110 Å². The summed E-state index contributed by atoms with van der Waals surface area (Å²) in [5.41, 5.74) is 0. The number of carbonyl (C=O) groups excluding carboxylic acids is 1. The lowest BCUT2D eigenvalue weighted by molar-refractivity contribution is -0.137. The molecule has 0 aliphatic heterocycles. The fourth-order valence-corrected chi connectivity index (χ4v) is 3.18. The molecule has 0 aromatic rings. The second kappa shape index (κ2) is 26.2. The number of hydrogen-bond donors (Lipinski definition) is 0. The summed E-state index contributed by atoms with van der Waals surface area (Å²) in [6.45, 7) is 8.94. The summed E-state index contributed by atoms with van der Waals surface area (Å²) >= 11 is 0. The molecule has 0 aliphatic rings. The summed E-state index contributed by atoms with van der Waals surface area (Å²) in [5.74, 6) is -0.359. The normalized spacial score (nSPS) is 10.5. The Morgan fingerprint density at radius 1 is 0.714 bits per heavy atom. The van der Waals surface area contributed by atoms with E-state index in [1.165, 1.54) is 109 Å². The number of unbranched alkanes of at least 4 members (excludes halogenated alkanes) is 15. The third kappa shape index (κ3) is 29.9. The molecule has 0 atom stereocenters. The zero-order chi connectivity index (χ0) is 21.3. The van der Waals surface area contributed by atoms with Crippen LogP contribution < -0.4 is 0 Å². The molecule has 0 aromatic heterocycles. The standard InChI is InChI=1S/C20H43N.C5H8O2/c1-4-5-6-7-8-9-10-11-12-13-14-15-16-17-18-19-20-21(2)3;1-3-5(6)7-4-2/h4-20H2,1-3H3;3H,1,4H2,2H3. The third-order valence-corrected chi connectivity index (χ3v) is 4.91. The molecule has 0 aliphatic carbocycles. The highest BCUT2D eigenvalue weighted by Gasteiger charge is 1.95. The second-order valence-electron chi connectivity index (χ2n) is 8.06. The Bertz CT molecular complexity index is 316. The van der Waals surface area contributed by atoms with Gasteiger partial charge in [0.05, 0.1) is 6.61 Å². The molecule has 3 nitrogen and oxygen atoms in total. The Balaban J connectivity index is 0. The smallest absolute Gasteiger partial charge is 0.330 e. The van der Waals surface area contributed by atoms with E-state index in [1.807, 2.05) is 0 Å². The zero-order valence-corrected chi connectivity index (χ0v) is 19.8. The lowest BCUT2D eigenvalue weighted by Crippen LogP contribution is -2.12. The number of carbonyl (C=O) groups is 1. The first-order valence-electron chi connectivity index (χ1n) is 12.0. The monoisotopic (exact) mass is 397 g/mol. The molecule has 0 saturated carbocycles. The molecule has 0 radical (unpaired) electrons. The van der Waals surface area contributed by atoms with Crippen molar-refractivity contribution >= 4 is 5.97 Å². The van der Waals surface area contributed by atoms with E-state index in [0.29, 0.717) is 6.61 Å². The van der Waals surface area contributed by atoms with E-state index in [-0.39, 0.29) is 5.97 Å². The Labute approximate surface area is 177 Å².